The van der Waals surface area contributed by atoms with Gasteiger partial charge >= 0.3 is 0 Å². The van der Waals surface area contributed by atoms with Gasteiger partial charge in [-0.15, -0.1) is 0 Å². The van der Waals surface area contributed by atoms with Crippen molar-refractivity contribution in [1.29, 1.82) is 0 Å². The summed E-state index contributed by atoms with van der Waals surface area (Å²) in [5.74, 6) is 0.278. The zero-order valence-corrected chi connectivity index (χ0v) is 15.3. The molecule has 6 heteroatoms. The first-order valence-electron chi connectivity index (χ1n) is 8.42. The van der Waals surface area contributed by atoms with Crippen LogP contribution < -0.4 is 0 Å². The highest BCUT2D eigenvalue weighted by molar-refractivity contribution is 7.00. The van der Waals surface area contributed by atoms with Crippen LogP contribution in [-0.2, 0) is 6.54 Å². The maximum absolute atomic E-state index is 12.8. The normalized spacial score (nSPS) is 18.5. The average Bonchev–Trinajstić information content (AvgIpc) is 3.10. The van der Waals surface area contributed by atoms with E-state index in [4.69, 9.17) is 11.6 Å². The van der Waals surface area contributed by atoms with E-state index in [1.165, 1.54) is 17.3 Å². The van der Waals surface area contributed by atoms with E-state index in [-0.39, 0.29) is 11.7 Å². The molecule has 0 N–H and O–H groups in total. The molecule has 0 unspecified atom stereocenters. The van der Waals surface area contributed by atoms with E-state index in [1.807, 2.05) is 18.2 Å². The molecule has 1 saturated heterocycles. The van der Waals surface area contributed by atoms with Gasteiger partial charge in [-0.05, 0) is 61.3 Å². The Bertz CT molecular complexity index is 893. The predicted octanol–water partition coefficient (Wildman–Crippen LogP) is 4.44. The number of aromatic nitrogens is 2. The summed E-state index contributed by atoms with van der Waals surface area (Å²) in [7, 11) is 0. The standard InChI is InChI=1S/C19H18ClN3OS/c20-16-6-4-14(5-7-16)19(24)15-2-1-9-23(12-15)11-13-3-8-17-18(10-13)22-25-21-17/h3-8,10,15H,1-2,9,11-12H2/t15-/m1/s1. The number of carbonyl (C=O) groups excluding carboxylic acids is 1. The van der Waals surface area contributed by atoms with Crippen molar-refractivity contribution in [2.75, 3.05) is 13.1 Å². The number of hydrogen-bond acceptors (Lipinski definition) is 5. The highest BCUT2D eigenvalue weighted by Crippen LogP contribution is 2.24. The zero-order chi connectivity index (χ0) is 17.2. The van der Waals surface area contributed by atoms with Gasteiger partial charge in [0.2, 0.25) is 0 Å². The van der Waals surface area contributed by atoms with E-state index < -0.39 is 0 Å². The molecule has 1 atom stereocenters. The third-order valence-corrected chi connectivity index (χ3v) is 5.54. The van der Waals surface area contributed by atoms with Crippen molar-refractivity contribution in [3.05, 3.63) is 58.6 Å². The van der Waals surface area contributed by atoms with Gasteiger partial charge in [-0.25, -0.2) is 0 Å². The topological polar surface area (TPSA) is 46.1 Å². The van der Waals surface area contributed by atoms with Crippen LogP contribution in [0.1, 0.15) is 28.8 Å². The summed E-state index contributed by atoms with van der Waals surface area (Å²) < 4.78 is 8.55. The van der Waals surface area contributed by atoms with E-state index in [1.54, 1.807) is 12.1 Å². The molecule has 2 aromatic carbocycles. The minimum atomic E-state index is 0.0552. The summed E-state index contributed by atoms with van der Waals surface area (Å²) >= 11 is 7.16. The Morgan fingerprint density at radius 3 is 2.80 bits per heavy atom. The molecule has 2 heterocycles. The first kappa shape index (κ1) is 16.6. The number of hydrogen-bond donors (Lipinski definition) is 0. The number of carbonyl (C=O) groups is 1. The van der Waals surface area contributed by atoms with Crippen LogP contribution in [-0.4, -0.2) is 32.5 Å². The van der Waals surface area contributed by atoms with Gasteiger partial charge < -0.3 is 0 Å². The highest BCUT2D eigenvalue weighted by Gasteiger charge is 2.26. The number of fused-ring (bicyclic) bond motifs is 1. The zero-order valence-electron chi connectivity index (χ0n) is 13.7. The molecule has 128 valence electrons. The second-order valence-electron chi connectivity index (χ2n) is 6.53. The molecule has 1 fully saturated rings. The first-order chi connectivity index (χ1) is 12.2. The molecule has 3 aromatic rings. The lowest BCUT2D eigenvalue weighted by Crippen LogP contribution is -2.38. The molecule has 1 aliphatic heterocycles. The summed E-state index contributed by atoms with van der Waals surface area (Å²) in [5, 5.41) is 0.661. The fourth-order valence-corrected chi connectivity index (χ4v) is 4.09. The van der Waals surface area contributed by atoms with E-state index in [2.05, 4.69) is 25.8 Å². The van der Waals surface area contributed by atoms with Crippen molar-refractivity contribution in [1.82, 2.24) is 13.6 Å². The van der Waals surface area contributed by atoms with Gasteiger partial charge in [-0.1, -0.05) is 17.7 Å². The Balaban J connectivity index is 1.45. The van der Waals surface area contributed by atoms with Gasteiger partial charge in [-0.2, -0.15) is 8.75 Å². The summed E-state index contributed by atoms with van der Waals surface area (Å²) in [4.78, 5) is 15.1. The molecule has 0 bridgehead atoms. The maximum Gasteiger partial charge on any atom is 0.167 e. The van der Waals surface area contributed by atoms with Crippen molar-refractivity contribution < 1.29 is 4.79 Å². The third kappa shape index (κ3) is 3.73. The van der Waals surface area contributed by atoms with Crippen molar-refractivity contribution in [3.63, 3.8) is 0 Å². The second-order valence-corrected chi connectivity index (χ2v) is 7.50. The van der Waals surface area contributed by atoms with Crippen LogP contribution in [0.15, 0.2) is 42.5 Å². The Labute approximate surface area is 155 Å². The molecule has 0 radical (unpaired) electrons. The molecule has 0 aliphatic carbocycles. The molecule has 1 aromatic heterocycles. The van der Waals surface area contributed by atoms with Crippen molar-refractivity contribution in [2.45, 2.75) is 19.4 Å². The van der Waals surface area contributed by atoms with Crippen LogP contribution in [0.4, 0.5) is 0 Å². The van der Waals surface area contributed by atoms with Crippen LogP contribution in [0.3, 0.4) is 0 Å². The second kappa shape index (κ2) is 7.20. The number of likely N-dealkylation sites (tertiary alicyclic amines) is 1. The maximum atomic E-state index is 12.8. The molecular formula is C19H18ClN3OS. The number of ketones is 1. The molecule has 4 nitrogen and oxygen atoms in total. The van der Waals surface area contributed by atoms with Gasteiger partial charge in [-0.3, -0.25) is 9.69 Å². The lowest BCUT2D eigenvalue weighted by molar-refractivity contribution is 0.0811. The van der Waals surface area contributed by atoms with Crippen molar-refractivity contribution >= 4 is 40.1 Å². The summed E-state index contributed by atoms with van der Waals surface area (Å²) in [6.07, 6.45) is 2.00. The average molecular weight is 372 g/mol. The third-order valence-electron chi connectivity index (χ3n) is 4.73. The van der Waals surface area contributed by atoms with Crippen molar-refractivity contribution in [3.8, 4) is 0 Å². The summed E-state index contributed by atoms with van der Waals surface area (Å²) in [6.45, 7) is 2.67. The predicted molar refractivity (Wildman–Crippen MR) is 101 cm³/mol. The minimum Gasteiger partial charge on any atom is -0.298 e. The first-order valence-corrected chi connectivity index (χ1v) is 9.53. The minimum absolute atomic E-state index is 0.0552. The van der Waals surface area contributed by atoms with Crippen LogP contribution in [0.5, 0.6) is 0 Å². The van der Waals surface area contributed by atoms with Crippen LogP contribution >= 0.6 is 23.3 Å². The number of nitrogens with zero attached hydrogens (tertiary/aromatic N) is 3. The van der Waals surface area contributed by atoms with Gasteiger partial charge in [0.1, 0.15) is 11.0 Å². The quantitative estimate of drug-likeness (QED) is 0.636. The molecular weight excluding hydrogens is 354 g/mol. The fraction of sp³-hybridized carbons (Fsp3) is 0.316. The van der Waals surface area contributed by atoms with Crippen LogP contribution in [0, 0.1) is 5.92 Å². The number of Topliss-reactive ketones (excluding diaryl/α,β-unsaturated/α-hetero) is 1. The Hall–Kier alpha value is -1.82. The molecule has 1 aliphatic rings. The summed E-state index contributed by atoms with van der Waals surface area (Å²) in [6, 6.07) is 13.4. The van der Waals surface area contributed by atoms with E-state index >= 15 is 0 Å². The number of piperidine rings is 1. The lowest BCUT2D eigenvalue weighted by atomic mass is 9.90. The van der Waals surface area contributed by atoms with Crippen LogP contribution in [0.25, 0.3) is 11.0 Å². The molecule has 0 spiro atoms. The SMILES string of the molecule is O=C(c1ccc(Cl)cc1)[C@@H]1CCCN(Cc2ccc3nsnc3c2)C1. The monoisotopic (exact) mass is 371 g/mol. The van der Waals surface area contributed by atoms with E-state index in [0.717, 1.165) is 49.1 Å². The van der Waals surface area contributed by atoms with Gasteiger partial charge in [0.15, 0.2) is 5.78 Å². The Morgan fingerprint density at radius 1 is 1.16 bits per heavy atom. The highest BCUT2D eigenvalue weighted by atomic mass is 35.5. The molecule has 0 amide bonds. The fourth-order valence-electron chi connectivity index (χ4n) is 3.45. The Morgan fingerprint density at radius 2 is 1.96 bits per heavy atom. The molecule has 4 rings (SSSR count). The number of rotatable bonds is 4. The van der Waals surface area contributed by atoms with E-state index in [9.17, 15) is 4.79 Å². The van der Waals surface area contributed by atoms with Crippen LogP contribution in [0.2, 0.25) is 5.02 Å². The smallest absolute Gasteiger partial charge is 0.167 e. The Kier molecular flexibility index (Phi) is 4.79. The molecule has 0 saturated carbocycles. The lowest BCUT2D eigenvalue weighted by Gasteiger charge is -2.32. The number of halogens is 1. The van der Waals surface area contributed by atoms with Crippen molar-refractivity contribution in [2.24, 2.45) is 5.92 Å². The largest absolute Gasteiger partial charge is 0.298 e. The number of benzene rings is 2. The molecule has 25 heavy (non-hydrogen) atoms. The van der Waals surface area contributed by atoms with E-state index in [0.29, 0.717) is 5.02 Å². The van der Waals surface area contributed by atoms with Gasteiger partial charge in [0.05, 0.1) is 11.7 Å². The van der Waals surface area contributed by atoms with Gasteiger partial charge in [0.25, 0.3) is 0 Å². The summed E-state index contributed by atoms with van der Waals surface area (Å²) in [5.41, 5.74) is 3.88. The van der Waals surface area contributed by atoms with Gasteiger partial charge in [0, 0.05) is 29.6 Å².